The van der Waals surface area contributed by atoms with Crippen molar-refractivity contribution in [3.63, 3.8) is 0 Å². The van der Waals surface area contributed by atoms with Crippen LogP contribution in [0.4, 0.5) is 0 Å². The van der Waals surface area contributed by atoms with Crippen LogP contribution in [0.25, 0.3) is 10.2 Å². The van der Waals surface area contributed by atoms with E-state index >= 15 is 0 Å². The molecule has 0 saturated carbocycles. The fourth-order valence-corrected chi connectivity index (χ4v) is 3.16. The van der Waals surface area contributed by atoms with Gasteiger partial charge in [-0.25, -0.2) is 9.97 Å². The van der Waals surface area contributed by atoms with Crippen LogP contribution in [0.15, 0.2) is 17.8 Å². The van der Waals surface area contributed by atoms with Gasteiger partial charge in [-0.05, 0) is 30.3 Å². The largest absolute Gasteiger partial charge is 0.314 e. The molecule has 0 fully saturated rings. The molecular weight excluding hydrogens is 242 g/mol. The van der Waals surface area contributed by atoms with E-state index in [1.807, 2.05) is 0 Å². The first-order valence-corrected chi connectivity index (χ1v) is 7.49. The Labute approximate surface area is 113 Å². The molecule has 98 valence electrons. The Kier molecular flexibility index (Phi) is 4.66. The number of nitrogens with zero attached hydrogens (tertiary/aromatic N) is 2. The highest BCUT2D eigenvalue weighted by Gasteiger charge is 2.14. The second-order valence-corrected chi connectivity index (χ2v) is 5.96. The number of likely N-dealkylation sites (N-methyl/N-ethyl adjacent to an activating group) is 1. The predicted molar refractivity (Wildman–Crippen MR) is 78.0 cm³/mol. The summed E-state index contributed by atoms with van der Waals surface area (Å²) < 4.78 is 1.24. The van der Waals surface area contributed by atoms with Crippen LogP contribution in [0.5, 0.6) is 0 Å². The topological polar surface area (TPSA) is 37.8 Å². The number of fused-ring (bicyclic) bond motifs is 1. The summed E-state index contributed by atoms with van der Waals surface area (Å²) >= 11 is 1.74. The smallest absolute Gasteiger partial charge is 0.116 e. The number of nitrogens with one attached hydrogen (secondary N) is 1. The maximum Gasteiger partial charge on any atom is 0.116 e. The van der Waals surface area contributed by atoms with E-state index in [2.05, 4.69) is 47.5 Å². The van der Waals surface area contributed by atoms with E-state index in [-0.39, 0.29) is 0 Å². The summed E-state index contributed by atoms with van der Waals surface area (Å²) in [4.78, 5) is 8.76. The molecule has 0 aliphatic rings. The summed E-state index contributed by atoms with van der Waals surface area (Å²) in [6, 6.07) is 2.57. The minimum atomic E-state index is 0.509. The third-order valence-electron chi connectivity index (χ3n) is 3.01. The molecule has 0 saturated heterocycles. The second-order valence-electron chi connectivity index (χ2n) is 5.04. The Morgan fingerprint density at radius 2 is 2.17 bits per heavy atom. The molecule has 0 radical (unpaired) electrons. The highest BCUT2D eigenvalue weighted by Crippen LogP contribution is 2.23. The zero-order valence-electron chi connectivity index (χ0n) is 11.3. The van der Waals surface area contributed by atoms with E-state index < -0.39 is 0 Å². The highest BCUT2D eigenvalue weighted by molar-refractivity contribution is 7.17. The van der Waals surface area contributed by atoms with Gasteiger partial charge in [0.1, 0.15) is 6.33 Å². The van der Waals surface area contributed by atoms with Gasteiger partial charge in [0.15, 0.2) is 0 Å². The number of thiophene rings is 1. The van der Waals surface area contributed by atoms with Crippen LogP contribution in [-0.4, -0.2) is 22.6 Å². The lowest BCUT2D eigenvalue weighted by molar-refractivity contribution is 0.422. The van der Waals surface area contributed by atoms with Crippen molar-refractivity contribution in [3.8, 4) is 0 Å². The van der Waals surface area contributed by atoms with E-state index in [0.717, 1.165) is 18.5 Å². The van der Waals surface area contributed by atoms with Crippen LogP contribution in [0.2, 0.25) is 0 Å². The number of rotatable bonds is 6. The van der Waals surface area contributed by atoms with E-state index in [1.165, 1.54) is 16.8 Å². The summed E-state index contributed by atoms with van der Waals surface area (Å²) in [5, 5.41) is 5.65. The van der Waals surface area contributed by atoms with Crippen LogP contribution >= 0.6 is 11.3 Å². The maximum absolute atomic E-state index is 4.47. The summed E-state index contributed by atoms with van der Waals surface area (Å²) in [5.74, 6) is 0.703. The second kappa shape index (κ2) is 6.25. The molecule has 1 atom stereocenters. The first-order valence-electron chi connectivity index (χ1n) is 6.61. The van der Waals surface area contributed by atoms with Gasteiger partial charge in [-0.1, -0.05) is 20.8 Å². The van der Waals surface area contributed by atoms with Gasteiger partial charge in [0.2, 0.25) is 0 Å². The quantitative estimate of drug-likeness (QED) is 0.869. The molecule has 1 unspecified atom stereocenters. The van der Waals surface area contributed by atoms with Gasteiger partial charge in [-0.2, -0.15) is 0 Å². The molecule has 4 heteroatoms. The van der Waals surface area contributed by atoms with Crippen molar-refractivity contribution in [3.05, 3.63) is 23.5 Å². The summed E-state index contributed by atoms with van der Waals surface area (Å²) in [5.41, 5.74) is 2.26. The van der Waals surface area contributed by atoms with E-state index in [1.54, 1.807) is 17.7 Å². The van der Waals surface area contributed by atoms with Gasteiger partial charge in [0.25, 0.3) is 0 Å². The number of aromatic nitrogens is 2. The Morgan fingerprint density at radius 3 is 2.89 bits per heavy atom. The Bertz CT molecular complexity index is 492. The van der Waals surface area contributed by atoms with Crippen molar-refractivity contribution in [1.29, 1.82) is 0 Å². The zero-order valence-corrected chi connectivity index (χ0v) is 12.1. The van der Waals surface area contributed by atoms with Crippen molar-refractivity contribution >= 4 is 21.6 Å². The van der Waals surface area contributed by atoms with Gasteiger partial charge < -0.3 is 5.32 Å². The summed E-state index contributed by atoms with van der Waals surface area (Å²) in [6.45, 7) is 7.71. The molecule has 18 heavy (non-hydrogen) atoms. The molecule has 0 aromatic carbocycles. The van der Waals surface area contributed by atoms with Crippen LogP contribution in [0.3, 0.4) is 0 Å². The lowest BCUT2D eigenvalue weighted by atomic mass is 9.99. The fourth-order valence-electron chi connectivity index (χ4n) is 2.31. The summed E-state index contributed by atoms with van der Waals surface area (Å²) in [7, 11) is 0. The molecule has 0 aliphatic heterocycles. The van der Waals surface area contributed by atoms with Crippen molar-refractivity contribution in [2.75, 3.05) is 6.54 Å². The molecule has 0 aliphatic carbocycles. The minimum Gasteiger partial charge on any atom is -0.314 e. The Hall–Kier alpha value is -1.000. The lowest BCUT2D eigenvalue weighted by Crippen LogP contribution is -2.32. The van der Waals surface area contributed by atoms with Crippen molar-refractivity contribution in [1.82, 2.24) is 15.3 Å². The molecule has 2 aromatic heterocycles. The fraction of sp³-hybridized carbons (Fsp3) is 0.571. The van der Waals surface area contributed by atoms with Crippen LogP contribution in [-0.2, 0) is 6.42 Å². The average Bonchev–Trinajstić information content (AvgIpc) is 2.77. The van der Waals surface area contributed by atoms with Gasteiger partial charge in [-0.3, -0.25) is 0 Å². The van der Waals surface area contributed by atoms with E-state index in [9.17, 15) is 0 Å². The third-order valence-corrected chi connectivity index (χ3v) is 3.96. The highest BCUT2D eigenvalue weighted by atomic mass is 32.1. The maximum atomic E-state index is 4.47. The van der Waals surface area contributed by atoms with E-state index in [4.69, 9.17) is 0 Å². The van der Waals surface area contributed by atoms with Crippen molar-refractivity contribution < 1.29 is 0 Å². The third kappa shape index (κ3) is 3.27. The monoisotopic (exact) mass is 263 g/mol. The van der Waals surface area contributed by atoms with Crippen LogP contribution in [0.1, 0.15) is 32.9 Å². The Morgan fingerprint density at radius 1 is 1.33 bits per heavy atom. The molecule has 0 spiro atoms. The molecule has 3 nitrogen and oxygen atoms in total. The molecule has 0 bridgehead atoms. The van der Waals surface area contributed by atoms with E-state index in [0.29, 0.717) is 12.0 Å². The zero-order chi connectivity index (χ0) is 13.0. The van der Waals surface area contributed by atoms with Gasteiger partial charge in [0, 0.05) is 12.5 Å². The normalized spacial score (nSPS) is 13.3. The first-order chi connectivity index (χ1) is 8.70. The number of hydrogen-bond acceptors (Lipinski definition) is 4. The molecule has 0 amide bonds. The standard InChI is InChI=1S/C14H21N3S/c1-4-15-11(7-10(2)3)8-13-14-12(5-6-18-14)16-9-17-13/h5-6,9-11,15H,4,7-8H2,1-3H3. The molecule has 2 heterocycles. The molecular formula is C14H21N3S. The van der Waals surface area contributed by atoms with Gasteiger partial charge in [0.05, 0.1) is 15.9 Å². The van der Waals surface area contributed by atoms with Crippen LogP contribution < -0.4 is 5.32 Å². The predicted octanol–water partition coefficient (Wildman–Crippen LogP) is 3.26. The Balaban J connectivity index is 2.17. The van der Waals surface area contributed by atoms with Crippen molar-refractivity contribution in [2.45, 2.75) is 39.7 Å². The SMILES string of the molecule is CCNC(Cc1ncnc2ccsc12)CC(C)C. The van der Waals surface area contributed by atoms with Gasteiger partial charge in [-0.15, -0.1) is 11.3 Å². The minimum absolute atomic E-state index is 0.509. The molecule has 2 aromatic rings. The molecule has 2 rings (SSSR count). The van der Waals surface area contributed by atoms with Crippen LogP contribution in [0, 0.1) is 5.92 Å². The lowest BCUT2D eigenvalue weighted by Gasteiger charge is -2.19. The number of hydrogen-bond donors (Lipinski definition) is 1. The summed E-state index contributed by atoms with van der Waals surface area (Å²) in [6.07, 6.45) is 3.86. The average molecular weight is 263 g/mol. The van der Waals surface area contributed by atoms with Gasteiger partial charge >= 0.3 is 0 Å². The van der Waals surface area contributed by atoms with Crippen molar-refractivity contribution in [2.24, 2.45) is 5.92 Å². The first kappa shape index (κ1) is 13.4. The molecule has 1 N–H and O–H groups in total.